The van der Waals surface area contributed by atoms with Crippen LogP contribution in [0.3, 0.4) is 0 Å². The Hall–Kier alpha value is -3.47. The molecule has 156 valence electrons. The Labute approximate surface area is 168 Å². The minimum Gasteiger partial charge on any atom is -0.320 e. The van der Waals surface area contributed by atoms with E-state index in [1.165, 1.54) is 25.1 Å². The Balaban J connectivity index is 1.92. The van der Waals surface area contributed by atoms with E-state index in [4.69, 9.17) is 0 Å². The normalized spacial score (nSPS) is 11.5. The predicted octanol–water partition coefficient (Wildman–Crippen LogP) is 2.93. The fraction of sp³-hybridized carbons (Fsp3) is 0.105. The number of nitrogens with one attached hydrogen (secondary N) is 1. The number of carbonyl (C=O) groups is 1. The standard InChI is InChI=1S/C19H14F3N3O4S/c1-11-10-16(26)17(24-25(11)15-5-3-2-4-14(15)20)18(27)23-12-6-8-13(9-7-12)30(28,29)19(21)22/h2-10,19H,1H3,(H,23,27). The lowest BCUT2D eigenvalue weighted by Crippen LogP contribution is -2.27. The molecule has 3 aromatic rings. The highest BCUT2D eigenvalue weighted by Gasteiger charge is 2.26. The predicted molar refractivity (Wildman–Crippen MR) is 102 cm³/mol. The summed E-state index contributed by atoms with van der Waals surface area (Å²) in [5, 5.41) is 6.26. The lowest BCUT2D eigenvalue weighted by atomic mass is 10.2. The van der Waals surface area contributed by atoms with Crippen LogP contribution in [-0.4, -0.2) is 29.9 Å². The number of aryl methyl sites for hydroxylation is 1. The van der Waals surface area contributed by atoms with Crippen LogP contribution in [0.2, 0.25) is 0 Å². The Morgan fingerprint density at radius 1 is 1.10 bits per heavy atom. The van der Waals surface area contributed by atoms with Crippen LogP contribution < -0.4 is 10.7 Å². The first-order chi connectivity index (χ1) is 14.1. The number of alkyl halides is 2. The van der Waals surface area contributed by atoms with Gasteiger partial charge < -0.3 is 5.32 Å². The largest absolute Gasteiger partial charge is 0.341 e. The molecular formula is C19H14F3N3O4S. The van der Waals surface area contributed by atoms with Gasteiger partial charge in [-0.1, -0.05) is 12.1 Å². The van der Waals surface area contributed by atoms with E-state index in [9.17, 15) is 31.2 Å². The van der Waals surface area contributed by atoms with Gasteiger partial charge in [0.05, 0.1) is 4.90 Å². The van der Waals surface area contributed by atoms with Gasteiger partial charge in [-0.2, -0.15) is 13.9 Å². The maximum absolute atomic E-state index is 14.1. The number of hydrogen-bond donors (Lipinski definition) is 1. The molecule has 0 bridgehead atoms. The zero-order chi connectivity index (χ0) is 22.1. The molecule has 0 saturated heterocycles. The molecule has 1 N–H and O–H groups in total. The van der Waals surface area contributed by atoms with Gasteiger partial charge >= 0.3 is 5.76 Å². The topological polar surface area (TPSA) is 98.1 Å². The molecule has 1 amide bonds. The second-order valence-electron chi connectivity index (χ2n) is 6.15. The van der Waals surface area contributed by atoms with Crippen molar-refractivity contribution < 1.29 is 26.4 Å². The van der Waals surface area contributed by atoms with Crippen LogP contribution in [-0.2, 0) is 9.84 Å². The Morgan fingerprint density at radius 3 is 2.33 bits per heavy atom. The smallest absolute Gasteiger partial charge is 0.320 e. The number of carbonyl (C=O) groups excluding carboxylic acids is 1. The third kappa shape index (κ3) is 4.10. The number of benzene rings is 2. The summed E-state index contributed by atoms with van der Waals surface area (Å²) in [6.07, 6.45) is 0. The summed E-state index contributed by atoms with van der Waals surface area (Å²) < 4.78 is 63.2. The number of nitrogens with zero attached hydrogens (tertiary/aromatic N) is 2. The van der Waals surface area contributed by atoms with Crippen molar-refractivity contribution >= 4 is 21.4 Å². The first kappa shape index (κ1) is 21.2. The van der Waals surface area contributed by atoms with Crippen molar-refractivity contribution in [2.24, 2.45) is 0 Å². The summed E-state index contributed by atoms with van der Waals surface area (Å²) in [5.41, 5.74) is -0.871. The van der Waals surface area contributed by atoms with Crippen LogP contribution in [0.15, 0.2) is 64.3 Å². The van der Waals surface area contributed by atoms with E-state index in [0.717, 1.165) is 35.0 Å². The van der Waals surface area contributed by atoms with E-state index >= 15 is 0 Å². The van der Waals surface area contributed by atoms with Crippen molar-refractivity contribution in [3.05, 3.63) is 82.0 Å². The average Bonchev–Trinajstić information content (AvgIpc) is 2.69. The summed E-state index contributed by atoms with van der Waals surface area (Å²) >= 11 is 0. The van der Waals surface area contributed by atoms with Crippen molar-refractivity contribution in [2.45, 2.75) is 17.6 Å². The van der Waals surface area contributed by atoms with Crippen LogP contribution in [0.4, 0.5) is 18.9 Å². The van der Waals surface area contributed by atoms with Gasteiger partial charge in [0.1, 0.15) is 11.5 Å². The third-order valence-electron chi connectivity index (χ3n) is 4.08. The van der Waals surface area contributed by atoms with Crippen molar-refractivity contribution in [3.63, 3.8) is 0 Å². The molecule has 0 aliphatic rings. The minimum absolute atomic E-state index is 0.0330. The fourth-order valence-electron chi connectivity index (χ4n) is 2.59. The monoisotopic (exact) mass is 437 g/mol. The first-order valence-electron chi connectivity index (χ1n) is 8.40. The molecule has 0 unspecified atom stereocenters. The second kappa shape index (κ2) is 8.11. The lowest BCUT2D eigenvalue weighted by molar-refractivity contribution is 0.101. The zero-order valence-corrected chi connectivity index (χ0v) is 16.2. The number of hydrogen-bond acceptors (Lipinski definition) is 5. The number of rotatable bonds is 5. The van der Waals surface area contributed by atoms with E-state index < -0.39 is 43.3 Å². The van der Waals surface area contributed by atoms with Crippen molar-refractivity contribution in [3.8, 4) is 5.69 Å². The molecule has 30 heavy (non-hydrogen) atoms. The summed E-state index contributed by atoms with van der Waals surface area (Å²) in [7, 11) is -4.77. The molecule has 0 fully saturated rings. The number of anilines is 1. The molecule has 11 heteroatoms. The van der Waals surface area contributed by atoms with Gasteiger partial charge in [0, 0.05) is 17.4 Å². The quantitative estimate of drug-likeness (QED) is 0.662. The van der Waals surface area contributed by atoms with Crippen LogP contribution >= 0.6 is 0 Å². The van der Waals surface area contributed by atoms with Gasteiger partial charge in [-0.15, -0.1) is 0 Å². The highest BCUT2D eigenvalue weighted by Crippen LogP contribution is 2.20. The van der Waals surface area contributed by atoms with Gasteiger partial charge in [0.15, 0.2) is 5.69 Å². The fourth-order valence-corrected chi connectivity index (χ4v) is 3.31. The molecule has 0 atom stereocenters. The molecule has 1 aromatic heterocycles. The lowest BCUT2D eigenvalue weighted by Gasteiger charge is -2.12. The van der Waals surface area contributed by atoms with Gasteiger partial charge in [-0.3, -0.25) is 9.59 Å². The second-order valence-corrected chi connectivity index (χ2v) is 8.06. The summed E-state index contributed by atoms with van der Waals surface area (Å²) in [5.74, 6) is -5.12. The molecule has 0 aliphatic carbocycles. The summed E-state index contributed by atoms with van der Waals surface area (Å²) in [6.45, 7) is 1.52. The van der Waals surface area contributed by atoms with Gasteiger partial charge in [-0.05, 0) is 43.3 Å². The molecule has 1 heterocycles. The molecule has 3 rings (SSSR count). The first-order valence-corrected chi connectivity index (χ1v) is 9.95. The highest BCUT2D eigenvalue weighted by molar-refractivity contribution is 7.91. The van der Waals surface area contributed by atoms with Crippen LogP contribution in [0.25, 0.3) is 5.69 Å². The van der Waals surface area contributed by atoms with E-state index in [1.807, 2.05) is 0 Å². The number of aromatic nitrogens is 2. The average molecular weight is 437 g/mol. The third-order valence-corrected chi connectivity index (χ3v) is 5.48. The number of amides is 1. The highest BCUT2D eigenvalue weighted by atomic mass is 32.2. The molecule has 2 aromatic carbocycles. The Bertz CT molecular complexity index is 1270. The summed E-state index contributed by atoms with van der Waals surface area (Å²) in [6, 6.07) is 10.8. The number of sulfone groups is 1. The Kier molecular flexibility index (Phi) is 5.74. The maximum Gasteiger partial charge on any atom is 0.341 e. The summed E-state index contributed by atoms with van der Waals surface area (Å²) in [4.78, 5) is 24.1. The van der Waals surface area contributed by atoms with Crippen LogP contribution in [0.5, 0.6) is 0 Å². The van der Waals surface area contributed by atoms with E-state index in [0.29, 0.717) is 5.69 Å². The zero-order valence-electron chi connectivity index (χ0n) is 15.3. The maximum atomic E-state index is 14.1. The molecule has 0 spiro atoms. The van der Waals surface area contributed by atoms with Gasteiger partial charge in [0.25, 0.3) is 5.91 Å². The number of halogens is 3. The van der Waals surface area contributed by atoms with E-state index in [2.05, 4.69) is 10.4 Å². The van der Waals surface area contributed by atoms with Crippen molar-refractivity contribution in [2.75, 3.05) is 5.32 Å². The molecule has 7 nitrogen and oxygen atoms in total. The van der Waals surface area contributed by atoms with Gasteiger partial charge in [0.2, 0.25) is 15.3 Å². The molecule has 0 saturated carbocycles. The van der Waals surface area contributed by atoms with Crippen LogP contribution in [0.1, 0.15) is 16.2 Å². The van der Waals surface area contributed by atoms with E-state index in [1.54, 1.807) is 6.07 Å². The molecule has 0 radical (unpaired) electrons. The Morgan fingerprint density at radius 2 is 1.73 bits per heavy atom. The van der Waals surface area contributed by atoms with Gasteiger partial charge in [-0.25, -0.2) is 17.5 Å². The molecule has 0 aliphatic heterocycles. The SMILES string of the molecule is Cc1cc(=O)c(C(=O)Nc2ccc(S(=O)(=O)C(F)F)cc2)nn1-c1ccccc1F. The molecular weight excluding hydrogens is 423 g/mol. The number of para-hydroxylation sites is 1. The van der Waals surface area contributed by atoms with Crippen molar-refractivity contribution in [1.82, 2.24) is 9.78 Å². The van der Waals surface area contributed by atoms with Crippen molar-refractivity contribution in [1.29, 1.82) is 0 Å². The minimum atomic E-state index is -4.77. The van der Waals surface area contributed by atoms with E-state index in [-0.39, 0.29) is 11.4 Å². The van der Waals surface area contributed by atoms with Crippen LogP contribution in [0, 0.1) is 12.7 Å².